The van der Waals surface area contributed by atoms with Crippen LogP contribution in [0.25, 0.3) is 10.9 Å². The van der Waals surface area contributed by atoms with Crippen molar-refractivity contribution in [2.45, 2.75) is 19.9 Å². The fraction of sp³-hybridized carbons (Fsp3) is 0.385. The number of aromatic nitrogens is 1. The Morgan fingerprint density at radius 3 is 2.76 bits per heavy atom. The maximum absolute atomic E-state index is 13.7. The molecule has 0 aliphatic carbocycles. The molecule has 2 N–H and O–H groups in total. The van der Waals surface area contributed by atoms with Crippen LogP contribution in [0, 0.1) is 5.82 Å². The Morgan fingerprint density at radius 1 is 1.41 bits per heavy atom. The molecule has 3 nitrogen and oxygen atoms in total. The number of aryl methyl sites for hydroxylation is 1. The van der Waals surface area contributed by atoms with E-state index in [1.54, 1.807) is 6.07 Å². The van der Waals surface area contributed by atoms with Crippen molar-refractivity contribution in [2.75, 3.05) is 13.7 Å². The number of hydrogen-bond donors (Lipinski definition) is 1. The summed E-state index contributed by atoms with van der Waals surface area (Å²) in [6, 6.07) is 3.28. The van der Waals surface area contributed by atoms with Gasteiger partial charge in [0.25, 0.3) is 0 Å². The lowest BCUT2D eigenvalue weighted by Gasteiger charge is -2.05. The molecule has 2 aromatic rings. The van der Waals surface area contributed by atoms with E-state index in [0.717, 1.165) is 29.4 Å². The third-order valence-corrected chi connectivity index (χ3v) is 2.99. The molecule has 2 rings (SSSR count). The van der Waals surface area contributed by atoms with Crippen LogP contribution in [0.5, 0.6) is 5.75 Å². The molecule has 1 aromatic carbocycles. The minimum Gasteiger partial charge on any atom is -0.494 e. The average Bonchev–Trinajstić information content (AvgIpc) is 2.66. The summed E-state index contributed by atoms with van der Waals surface area (Å²) in [6.45, 7) is 3.47. The summed E-state index contributed by atoms with van der Waals surface area (Å²) >= 11 is 0. The van der Waals surface area contributed by atoms with Gasteiger partial charge in [0.15, 0.2) is 11.6 Å². The highest BCUT2D eigenvalue weighted by Gasteiger charge is 2.12. The lowest BCUT2D eigenvalue weighted by molar-refractivity contribution is 0.387. The zero-order valence-corrected chi connectivity index (χ0v) is 10.2. The number of ether oxygens (including phenoxy) is 1. The summed E-state index contributed by atoms with van der Waals surface area (Å²) in [4.78, 5) is 0. The van der Waals surface area contributed by atoms with Crippen LogP contribution in [-0.2, 0) is 13.0 Å². The molecule has 92 valence electrons. The van der Waals surface area contributed by atoms with Gasteiger partial charge in [0, 0.05) is 24.2 Å². The third-order valence-electron chi connectivity index (χ3n) is 2.99. The van der Waals surface area contributed by atoms with Gasteiger partial charge in [0.1, 0.15) is 0 Å². The number of hydrogen-bond acceptors (Lipinski definition) is 2. The Bertz CT molecular complexity index is 534. The van der Waals surface area contributed by atoms with Crippen LogP contribution in [0.1, 0.15) is 12.5 Å². The maximum Gasteiger partial charge on any atom is 0.165 e. The average molecular weight is 236 g/mol. The van der Waals surface area contributed by atoms with Crippen LogP contribution in [-0.4, -0.2) is 18.2 Å². The minimum atomic E-state index is -0.327. The van der Waals surface area contributed by atoms with Crippen molar-refractivity contribution in [3.63, 3.8) is 0 Å². The van der Waals surface area contributed by atoms with Crippen LogP contribution in [0.3, 0.4) is 0 Å². The SMILES string of the molecule is CCn1cc(CCN)c2cc(F)c(OC)cc21. The lowest BCUT2D eigenvalue weighted by Crippen LogP contribution is -2.02. The number of fused-ring (bicyclic) bond motifs is 1. The number of methoxy groups -OCH3 is 1. The minimum absolute atomic E-state index is 0.282. The van der Waals surface area contributed by atoms with Gasteiger partial charge in [-0.3, -0.25) is 0 Å². The summed E-state index contributed by atoms with van der Waals surface area (Å²) in [7, 11) is 1.48. The molecule has 0 atom stereocenters. The first kappa shape index (κ1) is 11.9. The Hall–Kier alpha value is -1.55. The van der Waals surface area contributed by atoms with Gasteiger partial charge in [0.05, 0.1) is 12.6 Å². The zero-order valence-electron chi connectivity index (χ0n) is 10.2. The molecule has 0 bridgehead atoms. The third kappa shape index (κ3) is 2.00. The van der Waals surface area contributed by atoms with Gasteiger partial charge >= 0.3 is 0 Å². The molecular formula is C13H17FN2O. The Balaban J connectivity index is 2.67. The van der Waals surface area contributed by atoms with Crippen molar-refractivity contribution in [3.05, 3.63) is 29.7 Å². The lowest BCUT2D eigenvalue weighted by atomic mass is 10.1. The number of rotatable bonds is 4. The molecule has 0 fully saturated rings. The van der Waals surface area contributed by atoms with E-state index < -0.39 is 0 Å². The van der Waals surface area contributed by atoms with Crippen LogP contribution in [0.15, 0.2) is 18.3 Å². The molecule has 1 heterocycles. The zero-order chi connectivity index (χ0) is 12.4. The molecule has 0 saturated carbocycles. The van der Waals surface area contributed by atoms with E-state index in [1.807, 2.05) is 6.20 Å². The standard InChI is InChI=1S/C13H17FN2O/c1-3-16-8-9(4-5-15)10-6-11(14)13(17-2)7-12(10)16/h6-8H,3-5,15H2,1-2H3. The number of halogens is 1. The predicted octanol–water partition coefficient (Wildman–Crippen LogP) is 2.31. The fourth-order valence-corrected chi connectivity index (χ4v) is 2.14. The van der Waals surface area contributed by atoms with Gasteiger partial charge in [-0.15, -0.1) is 0 Å². The highest BCUT2D eigenvalue weighted by molar-refractivity contribution is 5.85. The Morgan fingerprint density at radius 2 is 2.18 bits per heavy atom. The quantitative estimate of drug-likeness (QED) is 0.885. The molecule has 0 spiro atoms. The van der Waals surface area contributed by atoms with Crippen LogP contribution in [0.2, 0.25) is 0 Å². The summed E-state index contributed by atoms with van der Waals surface area (Å²) in [5.41, 5.74) is 7.65. The van der Waals surface area contributed by atoms with Crippen molar-refractivity contribution in [1.29, 1.82) is 0 Å². The molecule has 4 heteroatoms. The summed E-state index contributed by atoms with van der Waals surface area (Å²) in [5.74, 6) is -0.0447. The van der Waals surface area contributed by atoms with Crippen LogP contribution >= 0.6 is 0 Å². The smallest absolute Gasteiger partial charge is 0.165 e. The van der Waals surface area contributed by atoms with Gasteiger partial charge in [-0.25, -0.2) is 4.39 Å². The second-order valence-corrected chi connectivity index (χ2v) is 3.98. The number of nitrogens with two attached hydrogens (primary N) is 1. The Labute approximate surface area is 100.0 Å². The number of benzene rings is 1. The topological polar surface area (TPSA) is 40.2 Å². The van der Waals surface area contributed by atoms with Crippen molar-refractivity contribution < 1.29 is 9.13 Å². The second kappa shape index (κ2) is 4.75. The molecule has 0 unspecified atom stereocenters. The van der Waals surface area contributed by atoms with E-state index in [0.29, 0.717) is 6.54 Å². The highest BCUT2D eigenvalue weighted by atomic mass is 19.1. The van der Waals surface area contributed by atoms with E-state index in [9.17, 15) is 4.39 Å². The summed E-state index contributed by atoms with van der Waals surface area (Å²) in [5, 5.41) is 0.926. The fourth-order valence-electron chi connectivity index (χ4n) is 2.14. The first-order valence-corrected chi connectivity index (χ1v) is 5.76. The van der Waals surface area contributed by atoms with E-state index in [2.05, 4.69) is 11.5 Å². The molecule has 1 aromatic heterocycles. The van der Waals surface area contributed by atoms with Crippen molar-refractivity contribution in [2.24, 2.45) is 5.73 Å². The normalized spacial score (nSPS) is 11.1. The molecule has 0 amide bonds. The first-order valence-electron chi connectivity index (χ1n) is 5.76. The summed E-state index contributed by atoms with van der Waals surface area (Å²) in [6.07, 6.45) is 2.80. The van der Waals surface area contributed by atoms with Crippen molar-refractivity contribution in [1.82, 2.24) is 4.57 Å². The van der Waals surface area contributed by atoms with Gasteiger partial charge < -0.3 is 15.0 Å². The van der Waals surface area contributed by atoms with E-state index in [-0.39, 0.29) is 11.6 Å². The predicted molar refractivity (Wildman–Crippen MR) is 66.9 cm³/mol. The van der Waals surface area contributed by atoms with Crippen molar-refractivity contribution >= 4 is 10.9 Å². The molecule has 0 saturated heterocycles. The number of nitrogens with zero attached hydrogens (tertiary/aromatic N) is 1. The molecule has 0 aliphatic rings. The second-order valence-electron chi connectivity index (χ2n) is 3.98. The largest absolute Gasteiger partial charge is 0.494 e. The van der Waals surface area contributed by atoms with Crippen LogP contribution < -0.4 is 10.5 Å². The van der Waals surface area contributed by atoms with E-state index >= 15 is 0 Å². The van der Waals surface area contributed by atoms with Gasteiger partial charge in [-0.2, -0.15) is 0 Å². The monoisotopic (exact) mass is 236 g/mol. The van der Waals surface area contributed by atoms with Gasteiger partial charge in [-0.1, -0.05) is 0 Å². The van der Waals surface area contributed by atoms with E-state index in [1.165, 1.54) is 13.2 Å². The van der Waals surface area contributed by atoms with Gasteiger partial charge in [-0.05, 0) is 31.5 Å². The molecule has 0 aliphatic heterocycles. The van der Waals surface area contributed by atoms with Crippen LogP contribution in [0.4, 0.5) is 4.39 Å². The molecule has 0 radical (unpaired) electrons. The first-order chi connectivity index (χ1) is 8.21. The summed E-state index contributed by atoms with van der Waals surface area (Å²) < 4.78 is 20.8. The van der Waals surface area contributed by atoms with E-state index in [4.69, 9.17) is 10.5 Å². The van der Waals surface area contributed by atoms with Crippen molar-refractivity contribution in [3.8, 4) is 5.75 Å². The van der Waals surface area contributed by atoms with Gasteiger partial charge in [0.2, 0.25) is 0 Å². The molecular weight excluding hydrogens is 219 g/mol. The highest BCUT2D eigenvalue weighted by Crippen LogP contribution is 2.28. The Kier molecular flexibility index (Phi) is 3.33. The molecule has 17 heavy (non-hydrogen) atoms. The maximum atomic E-state index is 13.7.